The van der Waals surface area contributed by atoms with Crippen LogP contribution in [-0.4, -0.2) is 30.1 Å². The molecule has 0 aliphatic heterocycles. The minimum atomic E-state index is -1.17. The van der Waals surface area contributed by atoms with Crippen LogP contribution in [0.5, 0.6) is 0 Å². The monoisotopic (exact) mass is 336 g/mol. The number of nitrogens with one attached hydrogen (secondary N) is 2. The van der Waals surface area contributed by atoms with Crippen molar-refractivity contribution in [3.8, 4) is 0 Å². The van der Waals surface area contributed by atoms with E-state index in [9.17, 15) is 18.8 Å². The van der Waals surface area contributed by atoms with E-state index in [1.165, 1.54) is 25.1 Å². The van der Waals surface area contributed by atoms with Crippen LogP contribution in [-0.2, 0) is 9.53 Å². The second-order valence-electron chi connectivity index (χ2n) is 5.86. The van der Waals surface area contributed by atoms with Gasteiger partial charge in [-0.25, -0.2) is 14.0 Å². The first-order valence-electron chi connectivity index (χ1n) is 8.03. The lowest BCUT2D eigenvalue weighted by molar-refractivity contribution is -0.127. The van der Waals surface area contributed by atoms with Gasteiger partial charge in [-0.05, 0) is 38.0 Å². The van der Waals surface area contributed by atoms with Crippen molar-refractivity contribution in [2.75, 3.05) is 0 Å². The largest absolute Gasteiger partial charge is 0.449 e. The maximum absolute atomic E-state index is 13.1. The number of hydrogen-bond donors (Lipinski definition) is 2. The molecule has 2 rings (SSSR count). The molecule has 0 aromatic heterocycles. The highest BCUT2D eigenvalue weighted by Crippen LogP contribution is 2.17. The van der Waals surface area contributed by atoms with Crippen molar-refractivity contribution in [3.63, 3.8) is 0 Å². The zero-order valence-corrected chi connectivity index (χ0v) is 13.5. The van der Waals surface area contributed by atoms with E-state index >= 15 is 0 Å². The predicted molar refractivity (Wildman–Crippen MR) is 84.8 cm³/mol. The summed E-state index contributed by atoms with van der Waals surface area (Å²) in [7, 11) is 0. The van der Waals surface area contributed by atoms with Crippen LogP contribution in [0.25, 0.3) is 0 Å². The molecule has 0 unspecified atom stereocenters. The molecule has 3 amide bonds. The molecule has 130 valence electrons. The van der Waals surface area contributed by atoms with Crippen molar-refractivity contribution in [2.45, 2.75) is 51.2 Å². The Morgan fingerprint density at radius 3 is 2.58 bits per heavy atom. The summed E-state index contributed by atoms with van der Waals surface area (Å²) >= 11 is 0. The predicted octanol–water partition coefficient (Wildman–Crippen LogP) is 2.53. The summed E-state index contributed by atoms with van der Waals surface area (Å²) in [6.45, 7) is 1.35. The van der Waals surface area contributed by atoms with Crippen molar-refractivity contribution in [1.29, 1.82) is 0 Å². The smallest absolute Gasteiger partial charge is 0.339 e. The molecule has 0 heterocycles. The van der Waals surface area contributed by atoms with Crippen molar-refractivity contribution in [1.82, 2.24) is 10.6 Å². The lowest BCUT2D eigenvalue weighted by Gasteiger charge is -2.23. The molecule has 6 nitrogen and oxygen atoms in total. The average molecular weight is 336 g/mol. The van der Waals surface area contributed by atoms with Crippen LogP contribution in [0.2, 0.25) is 0 Å². The van der Waals surface area contributed by atoms with Gasteiger partial charge in [0.1, 0.15) is 5.82 Å². The highest BCUT2D eigenvalue weighted by atomic mass is 19.1. The summed E-state index contributed by atoms with van der Waals surface area (Å²) in [4.78, 5) is 35.5. The minimum absolute atomic E-state index is 0.00121. The zero-order valence-electron chi connectivity index (χ0n) is 13.5. The van der Waals surface area contributed by atoms with Gasteiger partial charge in [0, 0.05) is 6.04 Å². The number of esters is 1. The summed E-state index contributed by atoms with van der Waals surface area (Å²) in [6, 6.07) is 4.43. The first-order valence-corrected chi connectivity index (χ1v) is 8.03. The molecular formula is C17H21FN2O4. The third-order valence-electron chi connectivity index (χ3n) is 3.89. The average Bonchev–Trinajstić information content (AvgIpc) is 2.55. The molecule has 7 heteroatoms. The normalized spacial score (nSPS) is 16.1. The molecule has 24 heavy (non-hydrogen) atoms. The molecule has 1 aromatic carbocycles. The van der Waals surface area contributed by atoms with E-state index in [0.717, 1.165) is 38.2 Å². The van der Waals surface area contributed by atoms with E-state index in [0.29, 0.717) is 0 Å². The molecule has 1 aromatic rings. The molecule has 1 fully saturated rings. The standard InChI is InChI=1S/C17H21FN2O4/c1-11(24-16(22)12-6-5-7-13(18)10-12)15(21)20-17(23)19-14-8-3-2-4-9-14/h5-7,10-11,14H,2-4,8-9H2,1H3,(H2,19,20,21,23)/t11-/m1/s1. The number of halogens is 1. The second-order valence-corrected chi connectivity index (χ2v) is 5.86. The maximum atomic E-state index is 13.1. The van der Waals surface area contributed by atoms with Crippen LogP contribution in [0.1, 0.15) is 49.4 Å². The van der Waals surface area contributed by atoms with E-state index in [1.807, 2.05) is 0 Å². The summed E-state index contributed by atoms with van der Waals surface area (Å²) in [5, 5.41) is 4.89. The van der Waals surface area contributed by atoms with Gasteiger partial charge in [0.25, 0.3) is 5.91 Å². The SMILES string of the molecule is C[C@@H](OC(=O)c1cccc(F)c1)C(=O)NC(=O)NC1CCCCC1. The van der Waals surface area contributed by atoms with E-state index in [2.05, 4.69) is 10.6 Å². The van der Waals surface area contributed by atoms with Crippen LogP contribution in [0.15, 0.2) is 24.3 Å². The Bertz CT molecular complexity index is 614. The Labute approximate surface area is 139 Å². The number of amides is 3. The molecule has 2 N–H and O–H groups in total. The molecule has 1 atom stereocenters. The summed E-state index contributed by atoms with van der Waals surface area (Å²) in [5.41, 5.74) is 0.00121. The molecular weight excluding hydrogens is 315 g/mol. The van der Waals surface area contributed by atoms with E-state index in [-0.39, 0.29) is 11.6 Å². The van der Waals surface area contributed by atoms with E-state index < -0.39 is 29.8 Å². The number of ether oxygens (including phenoxy) is 1. The van der Waals surface area contributed by atoms with Gasteiger partial charge < -0.3 is 10.1 Å². The molecule has 0 bridgehead atoms. The lowest BCUT2D eigenvalue weighted by Crippen LogP contribution is -2.48. The lowest BCUT2D eigenvalue weighted by atomic mass is 9.96. The molecule has 1 saturated carbocycles. The molecule has 1 aliphatic carbocycles. The van der Waals surface area contributed by atoms with Crippen molar-refractivity contribution < 1.29 is 23.5 Å². The van der Waals surface area contributed by atoms with Crippen LogP contribution >= 0.6 is 0 Å². The van der Waals surface area contributed by atoms with E-state index in [1.54, 1.807) is 0 Å². The Balaban J connectivity index is 1.80. The van der Waals surface area contributed by atoms with Crippen molar-refractivity contribution >= 4 is 17.9 Å². The number of rotatable bonds is 4. The van der Waals surface area contributed by atoms with E-state index in [4.69, 9.17) is 4.74 Å². The van der Waals surface area contributed by atoms with Gasteiger partial charge in [-0.3, -0.25) is 10.1 Å². The van der Waals surface area contributed by atoms with Gasteiger partial charge >= 0.3 is 12.0 Å². The number of imide groups is 1. The minimum Gasteiger partial charge on any atom is -0.449 e. The van der Waals surface area contributed by atoms with Gasteiger partial charge in [0.2, 0.25) is 0 Å². The van der Waals surface area contributed by atoms with Gasteiger partial charge in [-0.1, -0.05) is 25.3 Å². The van der Waals surface area contributed by atoms with Crippen LogP contribution < -0.4 is 10.6 Å². The number of hydrogen-bond acceptors (Lipinski definition) is 4. The Hall–Kier alpha value is -2.44. The third-order valence-corrected chi connectivity index (χ3v) is 3.89. The zero-order chi connectivity index (χ0) is 17.5. The summed E-state index contributed by atoms with van der Waals surface area (Å²) in [6.07, 6.45) is 3.89. The van der Waals surface area contributed by atoms with Crippen LogP contribution in [0, 0.1) is 5.82 Å². The third kappa shape index (κ3) is 5.33. The van der Waals surface area contributed by atoms with Gasteiger partial charge in [0.05, 0.1) is 5.56 Å². The van der Waals surface area contributed by atoms with Gasteiger partial charge in [-0.15, -0.1) is 0 Å². The fourth-order valence-electron chi connectivity index (χ4n) is 2.58. The molecule has 0 radical (unpaired) electrons. The van der Waals surface area contributed by atoms with Crippen molar-refractivity contribution in [3.05, 3.63) is 35.6 Å². The first kappa shape index (κ1) is 17.9. The topological polar surface area (TPSA) is 84.5 Å². The highest BCUT2D eigenvalue weighted by Gasteiger charge is 2.22. The number of urea groups is 1. The highest BCUT2D eigenvalue weighted by molar-refractivity contribution is 5.98. The molecule has 0 spiro atoms. The number of benzene rings is 1. The van der Waals surface area contributed by atoms with Gasteiger partial charge in [0.15, 0.2) is 6.10 Å². The number of carbonyl (C=O) groups excluding carboxylic acids is 3. The fourth-order valence-corrected chi connectivity index (χ4v) is 2.58. The number of carbonyl (C=O) groups is 3. The van der Waals surface area contributed by atoms with Crippen LogP contribution in [0.4, 0.5) is 9.18 Å². The first-order chi connectivity index (χ1) is 11.5. The quantitative estimate of drug-likeness (QED) is 0.828. The Kier molecular flexibility index (Phi) is 6.28. The maximum Gasteiger partial charge on any atom is 0.339 e. The molecule has 0 saturated heterocycles. The fraction of sp³-hybridized carbons (Fsp3) is 0.471. The summed E-state index contributed by atoms with van der Waals surface area (Å²) in [5.74, 6) is -2.13. The Morgan fingerprint density at radius 1 is 1.21 bits per heavy atom. The van der Waals surface area contributed by atoms with Crippen LogP contribution in [0.3, 0.4) is 0 Å². The van der Waals surface area contributed by atoms with Gasteiger partial charge in [-0.2, -0.15) is 0 Å². The Morgan fingerprint density at radius 2 is 1.92 bits per heavy atom. The summed E-state index contributed by atoms with van der Waals surface area (Å²) < 4.78 is 18.0. The second kappa shape index (κ2) is 8.42. The van der Waals surface area contributed by atoms with Crippen molar-refractivity contribution in [2.24, 2.45) is 0 Å². The molecule has 1 aliphatic rings.